The summed E-state index contributed by atoms with van der Waals surface area (Å²) in [4.78, 5) is 16.5. The fourth-order valence-electron chi connectivity index (χ4n) is 2.80. The minimum Gasteiger partial charge on any atom is -0.444 e. The van der Waals surface area contributed by atoms with Crippen LogP contribution in [-0.2, 0) is 0 Å². The Morgan fingerprint density at radius 2 is 1.39 bits per heavy atom. The van der Waals surface area contributed by atoms with Crippen molar-refractivity contribution in [3.63, 3.8) is 0 Å². The molecule has 4 aromatic rings. The van der Waals surface area contributed by atoms with Gasteiger partial charge in [0.15, 0.2) is 12.2 Å². The van der Waals surface area contributed by atoms with E-state index in [1.807, 2.05) is 72.8 Å². The predicted octanol–water partition coefficient (Wildman–Crippen LogP) is 4.52. The van der Waals surface area contributed by atoms with Crippen LogP contribution in [0.3, 0.4) is 0 Å². The molecule has 1 amide bonds. The number of hydrogen-bond acceptors (Lipinski definition) is 4. The summed E-state index contributed by atoms with van der Waals surface area (Å²) in [5.74, 6) is 0.369. The second-order valence-corrected chi connectivity index (χ2v) is 6.08. The quantitative estimate of drug-likeness (QED) is 0.416. The SMILES string of the molecule is O=C(NN=C(c1ccccc1)c1ccccc1)c1ccc(-c2cnco2)cc1. The van der Waals surface area contributed by atoms with Crippen LogP contribution in [0.5, 0.6) is 0 Å². The maximum atomic E-state index is 12.6. The minimum atomic E-state index is -0.284. The second-order valence-electron chi connectivity index (χ2n) is 6.08. The van der Waals surface area contributed by atoms with Crippen LogP contribution in [0, 0.1) is 0 Å². The van der Waals surface area contributed by atoms with Gasteiger partial charge in [0, 0.05) is 22.3 Å². The third kappa shape index (κ3) is 3.88. The fraction of sp³-hybridized carbons (Fsp3) is 0. The molecule has 0 unspecified atom stereocenters. The highest BCUT2D eigenvalue weighted by Crippen LogP contribution is 2.19. The summed E-state index contributed by atoms with van der Waals surface area (Å²) >= 11 is 0. The number of aromatic nitrogens is 1. The second kappa shape index (κ2) is 8.14. The highest BCUT2D eigenvalue weighted by atomic mass is 16.3. The van der Waals surface area contributed by atoms with E-state index in [0.717, 1.165) is 16.7 Å². The molecule has 1 aromatic heterocycles. The zero-order valence-corrected chi connectivity index (χ0v) is 14.9. The summed E-state index contributed by atoms with van der Waals surface area (Å²) in [5.41, 5.74) is 6.58. The Kier molecular flexibility index (Phi) is 5.06. The van der Waals surface area contributed by atoms with Crippen molar-refractivity contribution < 1.29 is 9.21 Å². The smallest absolute Gasteiger partial charge is 0.271 e. The van der Waals surface area contributed by atoms with E-state index in [2.05, 4.69) is 15.5 Å². The normalized spacial score (nSPS) is 10.3. The number of oxazole rings is 1. The molecule has 0 saturated carbocycles. The molecule has 0 aliphatic carbocycles. The van der Waals surface area contributed by atoms with Gasteiger partial charge in [0.05, 0.1) is 11.9 Å². The molecule has 0 atom stereocenters. The number of carbonyl (C=O) groups is 1. The molecule has 0 fully saturated rings. The fourth-order valence-corrected chi connectivity index (χ4v) is 2.80. The van der Waals surface area contributed by atoms with Crippen LogP contribution in [0.4, 0.5) is 0 Å². The lowest BCUT2D eigenvalue weighted by Crippen LogP contribution is -2.20. The average molecular weight is 367 g/mol. The van der Waals surface area contributed by atoms with Gasteiger partial charge in [0.25, 0.3) is 5.91 Å². The van der Waals surface area contributed by atoms with Crippen molar-refractivity contribution in [2.75, 3.05) is 0 Å². The van der Waals surface area contributed by atoms with Gasteiger partial charge < -0.3 is 4.42 Å². The molecule has 0 bridgehead atoms. The van der Waals surface area contributed by atoms with E-state index in [1.54, 1.807) is 18.3 Å². The van der Waals surface area contributed by atoms with Crippen molar-refractivity contribution in [1.82, 2.24) is 10.4 Å². The van der Waals surface area contributed by atoms with Gasteiger partial charge in [-0.05, 0) is 12.1 Å². The molecule has 0 aliphatic heterocycles. The number of hydrogen-bond donors (Lipinski definition) is 1. The Morgan fingerprint density at radius 3 is 1.93 bits per heavy atom. The molecule has 1 N–H and O–H groups in total. The maximum absolute atomic E-state index is 12.6. The van der Waals surface area contributed by atoms with Crippen molar-refractivity contribution >= 4 is 11.6 Å². The van der Waals surface area contributed by atoms with Crippen LogP contribution in [0.15, 0.2) is 107 Å². The van der Waals surface area contributed by atoms with Gasteiger partial charge in [-0.1, -0.05) is 72.8 Å². The number of rotatable bonds is 5. The molecular formula is C23H17N3O2. The molecular weight excluding hydrogens is 350 g/mol. The molecule has 0 aliphatic rings. The van der Waals surface area contributed by atoms with Crippen molar-refractivity contribution in [2.24, 2.45) is 5.10 Å². The summed E-state index contributed by atoms with van der Waals surface area (Å²) in [6.45, 7) is 0. The van der Waals surface area contributed by atoms with E-state index in [0.29, 0.717) is 17.0 Å². The van der Waals surface area contributed by atoms with Gasteiger partial charge in [0.1, 0.15) is 0 Å². The van der Waals surface area contributed by atoms with Crippen LogP contribution in [0.1, 0.15) is 21.5 Å². The summed E-state index contributed by atoms with van der Waals surface area (Å²) in [5, 5.41) is 4.40. The Balaban J connectivity index is 1.57. The molecule has 4 rings (SSSR count). The molecule has 0 spiro atoms. The van der Waals surface area contributed by atoms with E-state index in [4.69, 9.17) is 4.42 Å². The number of amides is 1. The average Bonchev–Trinajstić information content (AvgIpc) is 3.30. The van der Waals surface area contributed by atoms with Crippen molar-refractivity contribution in [2.45, 2.75) is 0 Å². The first-order valence-corrected chi connectivity index (χ1v) is 8.79. The van der Waals surface area contributed by atoms with E-state index >= 15 is 0 Å². The van der Waals surface area contributed by atoms with Crippen molar-refractivity contribution in [3.8, 4) is 11.3 Å². The van der Waals surface area contributed by atoms with Crippen LogP contribution < -0.4 is 5.43 Å². The van der Waals surface area contributed by atoms with Gasteiger partial charge in [-0.2, -0.15) is 5.10 Å². The van der Waals surface area contributed by atoms with Crippen molar-refractivity contribution in [3.05, 3.63) is 114 Å². The summed E-state index contributed by atoms with van der Waals surface area (Å²) in [6, 6.07) is 26.6. The summed E-state index contributed by atoms with van der Waals surface area (Å²) in [6.07, 6.45) is 3.00. The van der Waals surface area contributed by atoms with Gasteiger partial charge in [-0.15, -0.1) is 0 Å². The first kappa shape index (κ1) is 17.4. The molecule has 5 nitrogen and oxygen atoms in total. The molecule has 136 valence electrons. The standard InChI is InChI=1S/C23H17N3O2/c27-23(20-13-11-17(12-14-20)21-15-24-16-28-21)26-25-22(18-7-3-1-4-8-18)19-9-5-2-6-10-19/h1-16H,(H,26,27). The molecule has 0 saturated heterocycles. The van der Waals surface area contributed by atoms with E-state index in [-0.39, 0.29) is 5.91 Å². The number of nitrogens with zero attached hydrogens (tertiary/aromatic N) is 2. The lowest BCUT2D eigenvalue weighted by Gasteiger charge is -2.08. The Hall–Kier alpha value is -3.99. The third-order valence-electron chi connectivity index (χ3n) is 4.23. The van der Waals surface area contributed by atoms with E-state index in [1.165, 1.54) is 6.39 Å². The molecule has 1 heterocycles. The van der Waals surface area contributed by atoms with Crippen molar-refractivity contribution in [1.29, 1.82) is 0 Å². The first-order valence-electron chi connectivity index (χ1n) is 8.79. The number of carbonyl (C=O) groups excluding carboxylic acids is 1. The van der Waals surface area contributed by atoms with Gasteiger partial charge in [-0.3, -0.25) is 4.79 Å². The highest BCUT2D eigenvalue weighted by Gasteiger charge is 2.10. The molecule has 28 heavy (non-hydrogen) atoms. The van der Waals surface area contributed by atoms with Crippen LogP contribution in [-0.4, -0.2) is 16.6 Å². The lowest BCUT2D eigenvalue weighted by atomic mass is 10.0. The number of hydrazone groups is 1. The van der Waals surface area contributed by atoms with Crippen LogP contribution >= 0.6 is 0 Å². The van der Waals surface area contributed by atoms with Gasteiger partial charge >= 0.3 is 0 Å². The zero-order valence-electron chi connectivity index (χ0n) is 14.9. The largest absolute Gasteiger partial charge is 0.444 e. The van der Waals surface area contributed by atoms with Gasteiger partial charge in [0.2, 0.25) is 0 Å². The van der Waals surface area contributed by atoms with Crippen LogP contribution in [0.25, 0.3) is 11.3 Å². The number of nitrogens with one attached hydrogen (secondary N) is 1. The predicted molar refractivity (Wildman–Crippen MR) is 108 cm³/mol. The topological polar surface area (TPSA) is 67.5 Å². The minimum absolute atomic E-state index is 0.284. The van der Waals surface area contributed by atoms with Crippen LogP contribution in [0.2, 0.25) is 0 Å². The maximum Gasteiger partial charge on any atom is 0.271 e. The zero-order chi connectivity index (χ0) is 19.2. The Labute approximate surface area is 162 Å². The van der Waals surface area contributed by atoms with Gasteiger partial charge in [-0.25, -0.2) is 10.4 Å². The first-order chi connectivity index (χ1) is 13.8. The lowest BCUT2D eigenvalue weighted by molar-refractivity contribution is 0.0955. The monoisotopic (exact) mass is 367 g/mol. The molecule has 5 heteroatoms. The third-order valence-corrected chi connectivity index (χ3v) is 4.23. The summed E-state index contributed by atoms with van der Waals surface area (Å²) < 4.78 is 5.26. The highest BCUT2D eigenvalue weighted by molar-refractivity contribution is 6.13. The van der Waals surface area contributed by atoms with E-state index in [9.17, 15) is 4.79 Å². The Morgan fingerprint density at radius 1 is 0.786 bits per heavy atom. The molecule has 0 radical (unpaired) electrons. The van der Waals surface area contributed by atoms with E-state index < -0.39 is 0 Å². The summed E-state index contributed by atoms with van der Waals surface area (Å²) in [7, 11) is 0. The Bertz CT molecular complexity index is 1030. The molecule has 3 aromatic carbocycles. The number of benzene rings is 3.